The van der Waals surface area contributed by atoms with Crippen molar-refractivity contribution in [1.29, 1.82) is 0 Å². The highest BCUT2D eigenvalue weighted by Gasteiger charge is 2.18. The molecular formula is C9H18N2O. The monoisotopic (exact) mass is 170 g/mol. The molecule has 0 heterocycles. The minimum absolute atomic E-state index is 0.0189. The van der Waals surface area contributed by atoms with Crippen LogP contribution < -0.4 is 11.1 Å². The lowest BCUT2D eigenvalue weighted by atomic mass is 9.87. The van der Waals surface area contributed by atoms with Gasteiger partial charge in [0, 0.05) is 6.04 Å². The number of carbonyl (C=O) groups excluding carboxylic acids is 1. The van der Waals surface area contributed by atoms with Crippen molar-refractivity contribution in [3.8, 4) is 0 Å². The van der Waals surface area contributed by atoms with Crippen molar-refractivity contribution in [1.82, 2.24) is 5.32 Å². The molecule has 1 aliphatic carbocycles. The zero-order chi connectivity index (χ0) is 8.97. The maximum Gasteiger partial charge on any atom is 0.233 e. The first-order valence-electron chi connectivity index (χ1n) is 4.71. The van der Waals surface area contributed by atoms with Crippen molar-refractivity contribution in [2.75, 3.05) is 6.54 Å². The van der Waals surface area contributed by atoms with Gasteiger partial charge in [0.1, 0.15) is 0 Å². The van der Waals surface area contributed by atoms with E-state index in [0.717, 1.165) is 18.8 Å². The number of hydrogen-bond donors (Lipinski definition) is 2. The Bertz CT molecular complexity index is 151. The van der Waals surface area contributed by atoms with E-state index in [1.165, 1.54) is 12.8 Å². The number of rotatable bonds is 2. The summed E-state index contributed by atoms with van der Waals surface area (Å²) in [6, 6.07) is 0.386. The zero-order valence-corrected chi connectivity index (χ0v) is 7.68. The summed E-state index contributed by atoms with van der Waals surface area (Å²) in [4.78, 5) is 10.9. The van der Waals surface area contributed by atoms with E-state index >= 15 is 0 Å². The van der Waals surface area contributed by atoms with Crippen LogP contribution in [0.25, 0.3) is 0 Å². The van der Waals surface area contributed by atoms with Crippen LogP contribution in [0.5, 0.6) is 0 Å². The molecule has 0 aromatic rings. The Kier molecular flexibility index (Phi) is 3.53. The summed E-state index contributed by atoms with van der Waals surface area (Å²) in [7, 11) is 0. The predicted molar refractivity (Wildman–Crippen MR) is 48.6 cm³/mol. The third-order valence-corrected chi connectivity index (χ3v) is 2.57. The Morgan fingerprint density at radius 2 is 2.00 bits per heavy atom. The van der Waals surface area contributed by atoms with Crippen molar-refractivity contribution in [2.45, 2.75) is 38.6 Å². The van der Waals surface area contributed by atoms with E-state index in [1.54, 1.807) is 0 Å². The number of nitrogens with one attached hydrogen (secondary N) is 1. The molecule has 0 aromatic carbocycles. The van der Waals surface area contributed by atoms with Crippen LogP contribution in [-0.2, 0) is 4.79 Å². The number of hydrogen-bond acceptors (Lipinski definition) is 2. The van der Waals surface area contributed by atoms with Gasteiger partial charge >= 0.3 is 0 Å². The molecule has 1 rings (SSSR count). The van der Waals surface area contributed by atoms with Crippen molar-refractivity contribution in [2.24, 2.45) is 11.7 Å². The molecule has 1 amide bonds. The molecule has 12 heavy (non-hydrogen) atoms. The lowest BCUT2D eigenvalue weighted by molar-refractivity contribution is -0.120. The standard InChI is InChI=1S/C9H18N2O/c1-7-2-4-8(5-3-7)11-9(12)6-10/h7-8H,2-6,10H2,1H3,(H,11,12). The van der Waals surface area contributed by atoms with E-state index in [2.05, 4.69) is 12.2 Å². The fourth-order valence-corrected chi connectivity index (χ4v) is 1.69. The van der Waals surface area contributed by atoms with E-state index in [1.807, 2.05) is 0 Å². The molecule has 0 aromatic heterocycles. The fraction of sp³-hybridized carbons (Fsp3) is 0.889. The first-order chi connectivity index (χ1) is 5.72. The van der Waals surface area contributed by atoms with Gasteiger partial charge in [-0.2, -0.15) is 0 Å². The van der Waals surface area contributed by atoms with Crippen molar-refractivity contribution in [3.63, 3.8) is 0 Å². The summed E-state index contributed by atoms with van der Waals surface area (Å²) >= 11 is 0. The van der Waals surface area contributed by atoms with E-state index in [0.29, 0.717) is 6.04 Å². The normalized spacial score (nSPS) is 29.8. The molecule has 0 saturated heterocycles. The first-order valence-corrected chi connectivity index (χ1v) is 4.71. The van der Waals surface area contributed by atoms with Crippen LogP contribution in [0.15, 0.2) is 0 Å². The smallest absolute Gasteiger partial charge is 0.233 e. The minimum atomic E-state index is -0.0189. The maximum absolute atomic E-state index is 10.9. The summed E-state index contributed by atoms with van der Waals surface area (Å²) in [6.45, 7) is 2.38. The average molecular weight is 170 g/mol. The number of amides is 1. The van der Waals surface area contributed by atoms with Gasteiger partial charge in [-0.15, -0.1) is 0 Å². The second kappa shape index (κ2) is 4.45. The molecule has 3 N–H and O–H groups in total. The molecule has 1 fully saturated rings. The third kappa shape index (κ3) is 2.81. The topological polar surface area (TPSA) is 55.1 Å². The largest absolute Gasteiger partial charge is 0.352 e. The highest BCUT2D eigenvalue weighted by Crippen LogP contribution is 2.23. The van der Waals surface area contributed by atoms with Gasteiger partial charge in [-0.25, -0.2) is 0 Å². The van der Waals surface area contributed by atoms with Crippen molar-refractivity contribution >= 4 is 5.91 Å². The van der Waals surface area contributed by atoms with Crippen LogP contribution in [0.4, 0.5) is 0 Å². The van der Waals surface area contributed by atoms with Gasteiger partial charge in [0.05, 0.1) is 6.54 Å². The van der Waals surface area contributed by atoms with Crippen LogP contribution in [0.3, 0.4) is 0 Å². The lowest BCUT2D eigenvalue weighted by Gasteiger charge is -2.26. The van der Waals surface area contributed by atoms with Gasteiger partial charge in [-0.05, 0) is 31.6 Å². The van der Waals surface area contributed by atoms with Gasteiger partial charge < -0.3 is 11.1 Å². The quantitative estimate of drug-likeness (QED) is 0.639. The Hall–Kier alpha value is -0.570. The highest BCUT2D eigenvalue weighted by atomic mass is 16.1. The van der Waals surface area contributed by atoms with E-state index in [4.69, 9.17) is 5.73 Å². The molecule has 0 spiro atoms. The molecule has 70 valence electrons. The molecule has 3 nitrogen and oxygen atoms in total. The average Bonchev–Trinajstić information content (AvgIpc) is 2.09. The van der Waals surface area contributed by atoms with Crippen LogP contribution in [-0.4, -0.2) is 18.5 Å². The summed E-state index contributed by atoms with van der Waals surface area (Å²) in [5, 5.41) is 2.93. The molecular weight excluding hydrogens is 152 g/mol. The van der Waals surface area contributed by atoms with Gasteiger partial charge in [0.2, 0.25) is 5.91 Å². The van der Waals surface area contributed by atoms with E-state index in [-0.39, 0.29) is 12.5 Å². The Morgan fingerprint density at radius 3 is 2.50 bits per heavy atom. The molecule has 0 aliphatic heterocycles. The minimum Gasteiger partial charge on any atom is -0.352 e. The second-order valence-electron chi connectivity index (χ2n) is 3.73. The van der Waals surface area contributed by atoms with Crippen molar-refractivity contribution < 1.29 is 4.79 Å². The van der Waals surface area contributed by atoms with Gasteiger partial charge in [-0.3, -0.25) is 4.79 Å². The Balaban J connectivity index is 2.21. The lowest BCUT2D eigenvalue weighted by Crippen LogP contribution is -2.40. The summed E-state index contributed by atoms with van der Waals surface area (Å²) in [6.07, 6.45) is 4.70. The fourth-order valence-electron chi connectivity index (χ4n) is 1.69. The summed E-state index contributed by atoms with van der Waals surface area (Å²) in [5.41, 5.74) is 5.20. The summed E-state index contributed by atoms with van der Waals surface area (Å²) in [5.74, 6) is 0.811. The molecule has 0 bridgehead atoms. The Morgan fingerprint density at radius 1 is 1.42 bits per heavy atom. The Labute approximate surface area is 73.7 Å². The third-order valence-electron chi connectivity index (χ3n) is 2.57. The van der Waals surface area contributed by atoms with Gasteiger partial charge in [0.25, 0.3) is 0 Å². The van der Waals surface area contributed by atoms with Crippen LogP contribution >= 0.6 is 0 Å². The van der Waals surface area contributed by atoms with E-state index in [9.17, 15) is 4.79 Å². The molecule has 1 saturated carbocycles. The zero-order valence-electron chi connectivity index (χ0n) is 7.68. The van der Waals surface area contributed by atoms with Crippen LogP contribution in [0.1, 0.15) is 32.6 Å². The van der Waals surface area contributed by atoms with E-state index < -0.39 is 0 Å². The SMILES string of the molecule is CC1CCC(NC(=O)CN)CC1. The number of nitrogens with two attached hydrogens (primary N) is 1. The van der Waals surface area contributed by atoms with Crippen LogP contribution in [0.2, 0.25) is 0 Å². The summed E-state index contributed by atoms with van der Waals surface area (Å²) < 4.78 is 0. The van der Waals surface area contributed by atoms with Gasteiger partial charge in [0.15, 0.2) is 0 Å². The van der Waals surface area contributed by atoms with Crippen LogP contribution in [0, 0.1) is 5.92 Å². The first kappa shape index (κ1) is 9.52. The molecule has 0 unspecified atom stereocenters. The second-order valence-corrected chi connectivity index (χ2v) is 3.73. The maximum atomic E-state index is 10.9. The molecule has 1 aliphatic rings. The predicted octanol–water partition coefficient (Wildman–Crippen LogP) is 0.640. The molecule has 0 atom stereocenters. The highest BCUT2D eigenvalue weighted by molar-refractivity contribution is 5.78. The number of carbonyl (C=O) groups is 1. The molecule has 3 heteroatoms. The van der Waals surface area contributed by atoms with Crippen molar-refractivity contribution in [3.05, 3.63) is 0 Å². The van der Waals surface area contributed by atoms with Gasteiger partial charge in [-0.1, -0.05) is 6.92 Å². The molecule has 0 radical (unpaired) electrons.